The minimum absolute atomic E-state index is 0.0162. The van der Waals surface area contributed by atoms with Crippen molar-refractivity contribution >= 4 is 22.8 Å². The van der Waals surface area contributed by atoms with Crippen LogP contribution < -0.4 is 5.32 Å². The Morgan fingerprint density at radius 2 is 1.76 bits per heavy atom. The summed E-state index contributed by atoms with van der Waals surface area (Å²) in [5, 5.41) is 18.3. The summed E-state index contributed by atoms with van der Waals surface area (Å²) < 4.78 is 7.23. The molecule has 0 radical (unpaired) electrons. The number of aliphatic hydroxyl groups excluding tert-OH is 1. The third-order valence-electron chi connectivity index (χ3n) is 7.50. The molecule has 1 aliphatic heterocycles. The average Bonchev–Trinajstić information content (AvgIpc) is 3.63. The van der Waals surface area contributed by atoms with Gasteiger partial charge in [0.05, 0.1) is 26.4 Å². The van der Waals surface area contributed by atoms with Gasteiger partial charge in [-0.05, 0) is 41.0 Å². The Kier molecular flexibility index (Phi) is 8.00. The van der Waals surface area contributed by atoms with Crippen LogP contribution in [0.3, 0.4) is 0 Å². The minimum Gasteiger partial charge on any atom is -0.394 e. The van der Waals surface area contributed by atoms with E-state index in [0.717, 1.165) is 77.5 Å². The number of morpholine rings is 1. The third-order valence-corrected chi connectivity index (χ3v) is 7.50. The van der Waals surface area contributed by atoms with Crippen molar-refractivity contribution in [1.82, 2.24) is 29.5 Å². The van der Waals surface area contributed by atoms with Gasteiger partial charge in [0.25, 0.3) is 0 Å². The normalized spacial score (nSPS) is 13.9. The predicted molar refractivity (Wildman–Crippen MR) is 164 cm³/mol. The zero-order valence-corrected chi connectivity index (χ0v) is 23.9. The highest BCUT2D eigenvalue weighted by Crippen LogP contribution is 2.37. The first kappa shape index (κ1) is 27.6. The number of nitrogens with one attached hydrogen (secondary N) is 2. The predicted octanol–water partition coefficient (Wildman–Crippen LogP) is 4.68. The van der Waals surface area contributed by atoms with Crippen LogP contribution in [-0.2, 0) is 17.8 Å². The first-order valence-electron chi connectivity index (χ1n) is 14.1. The number of pyridine rings is 1. The number of benzene rings is 2. The van der Waals surface area contributed by atoms with Crippen LogP contribution in [0.1, 0.15) is 5.56 Å². The third kappa shape index (κ3) is 5.91. The number of ether oxygens (including phenoxy) is 1. The lowest BCUT2D eigenvalue weighted by molar-refractivity contribution is 0.0342. The number of amides is 2. The Bertz CT molecular complexity index is 1670. The van der Waals surface area contributed by atoms with E-state index in [0.29, 0.717) is 12.2 Å². The number of aromatic nitrogens is 4. The molecule has 42 heavy (non-hydrogen) atoms. The minimum atomic E-state index is -0.190. The zero-order valence-electron chi connectivity index (χ0n) is 23.9. The van der Waals surface area contributed by atoms with Crippen molar-refractivity contribution in [1.29, 1.82) is 0 Å². The zero-order chi connectivity index (χ0) is 29.1. The number of rotatable bonds is 8. The quantitative estimate of drug-likeness (QED) is 0.252. The Morgan fingerprint density at radius 3 is 2.48 bits per heavy atom. The van der Waals surface area contributed by atoms with Crippen molar-refractivity contribution in [2.45, 2.75) is 13.1 Å². The van der Waals surface area contributed by atoms with Crippen molar-refractivity contribution in [3.05, 3.63) is 78.6 Å². The van der Waals surface area contributed by atoms with E-state index in [1.165, 1.54) is 10.5 Å². The maximum Gasteiger partial charge on any atom is 0.321 e. The molecule has 10 nitrogen and oxygen atoms in total. The van der Waals surface area contributed by atoms with Crippen molar-refractivity contribution < 1.29 is 14.6 Å². The maximum absolute atomic E-state index is 12.1. The summed E-state index contributed by atoms with van der Waals surface area (Å²) in [6, 6.07) is 20.3. The van der Waals surface area contributed by atoms with Crippen LogP contribution in [0.4, 0.5) is 10.5 Å². The van der Waals surface area contributed by atoms with Crippen LogP contribution in [0.5, 0.6) is 0 Å². The van der Waals surface area contributed by atoms with Crippen LogP contribution in [0, 0.1) is 0 Å². The van der Waals surface area contributed by atoms with Gasteiger partial charge in [-0.15, -0.1) is 0 Å². The summed E-state index contributed by atoms with van der Waals surface area (Å²) in [5.74, 6) is 0. The fourth-order valence-corrected chi connectivity index (χ4v) is 5.22. The number of anilines is 1. The standard InChI is InChI=1S/C32H35N7O3/c1-37(2)32(41)34-25-9-7-24(8-10-25)30-28(21-39(36-30)13-16-40)26-11-12-33-31-27(26)19-29(35-31)23-5-3-22(4-6-23)20-38-14-17-42-18-15-38/h3-12,19,21,40H,13-18,20H2,1-2H3,(H,33,35)(H,34,41). The van der Waals surface area contributed by atoms with Crippen LogP contribution in [0.2, 0.25) is 0 Å². The first-order valence-corrected chi connectivity index (χ1v) is 14.1. The number of fused-ring (bicyclic) bond motifs is 1. The number of carbonyl (C=O) groups is 1. The lowest BCUT2D eigenvalue weighted by Crippen LogP contribution is -2.35. The summed E-state index contributed by atoms with van der Waals surface area (Å²) in [4.78, 5) is 24.1. The Balaban J connectivity index is 1.31. The van der Waals surface area contributed by atoms with Crippen LogP contribution >= 0.6 is 0 Å². The van der Waals surface area contributed by atoms with Gasteiger partial charge in [0.15, 0.2) is 0 Å². The topological polar surface area (TPSA) is 112 Å². The van der Waals surface area contributed by atoms with E-state index in [-0.39, 0.29) is 12.6 Å². The summed E-state index contributed by atoms with van der Waals surface area (Å²) in [5.41, 5.74) is 8.49. The Morgan fingerprint density at radius 1 is 1.02 bits per heavy atom. The largest absolute Gasteiger partial charge is 0.394 e. The van der Waals surface area contributed by atoms with E-state index in [1.807, 2.05) is 36.5 Å². The van der Waals surface area contributed by atoms with Gasteiger partial charge in [-0.2, -0.15) is 5.10 Å². The van der Waals surface area contributed by atoms with E-state index < -0.39 is 0 Å². The number of nitrogens with zero attached hydrogens (tertiary/aromatic N) is 5. The van der Waals surface area contributed by atoms with Gasteiger partial charge in [-0.25, -0.2) is 9.78 Å². The monoisotopic (exact) mass is 565 g/mol. The first-order chi connectivity index (χ1) is 20.5. The number of hydrogen-bond donors (Lipinski definition) is 3. The van der Waals surface area contributed by atoms with Crippen LogP contribution in [-0.4, -0.2) is 87.7 Å². The van der Waals surface area contributed by atoms with Crippen molar-refractivity contribution in [2.75, 3.05) is 52.3 Å². The number of H-pyrrole nitrogens is 1. The molecule has 2 amide bonds. The van der Waals surface area contributed by atoms with Gasteiger partial charge in [0.1, 0.15) is 11.3 Å². The van der Waals surface area contributed by atoms with Crippen LogP contribution in [0.25, 0.3) is 44.7 Å². The average molecular weight is 566 g/mol. The van der Waals surface area contributed by atoms with E-state index in [4.69, 9.17) is 9.84 Å². The molecule has 0 atom stereocenters. The van der Waals surface area contributed by atoms with Gasteiger partial charge in [-0.1, -0.05) is 36.4 Å². The molecule has 0 unspecified atom stereocenters. The van der Waals surface area contributed by atoms with Gasteiger partial charge in [0, 0.05) is 74.0 Å². The highest BCUT2D eigenvalue weighted by atomic mass is 16.5. The molecule has 10 heteroatoms. The van der Waals surface area contributed by atoms with Crippen LogP contribution in [0.15, 0.2) is 73.1 Å². The molecule has 3 N–H and O–H groups in total. The molecule has 6 rings (SSSR count). The summed E-state index contributed by atoms with van der Waals surface area (Å²) in [6.45, 7) is 4.81. The molecular weight excluding hydrogens is 530 g/mol. The molecule has 1 fully saturated rings. The molecule has 2 aromatic carbocycles. The highest BCUT2D eigenvalue weighted by molar-refractivity contribution is 5.99. The van der Waals surface area contributed by atoms with Gasteiger partial charge in [-0.3, -0.25) is 9.58 Å². The number of hydrogen-bond acceptors (Lipinski definition) is 6. The van der Waals surface area contributed by atoms with E-state index in [1.54, 1.807) is 25.0 Å². The lowest BCUT2D eigenvalue weighted by atomic mass is 10.00. The summed E-state index contributed by atoms with van der Waals surface area (Å²) in [6.07, 6.45) is 3.77. The van der Waals surface area contributed by atoms with E-state index >= 15 is 0 Å². The number of urea groups is 1. The molecule has 0 saturated carbocycles. The van der Waals surface area contributed by atoms with Crippen molar-refractivity contribution in [3.63, 3.8) is 0 Å². The molecule has 216 valence electrons. The second-order valence-corrected chi connectivity index (χ2v) is 10.7. The molecule has 4 heterocycles. The molecule has 5 aromatic rings. The van der Waals surface area contributed by atoms with Gasteiger partial charge in [0.2, 0.25) is 0 Å². The maximum atomic E-state index is 12.1. The van der Waals surface area contributed by atoms with Crippen molar-refractivity contribution in [3.8, 4) is 33.6 Å². The number of aromatic amines is 1. The highest BCUT2D eigenvalue weighted by Gasteiger charge is 2.18. The summed E-state index contributed by atoms with van der Waals surface area (Å²) in [7, 11) is 3.40. The van der Waals surface area contributed by atoms with E-state index in [9.17, 15) is 9.90 Å². The second kappa shape index (κ2) is 12.2. The van der Waals surface area contributed by atoms with Gasteiger partial charge < -0.3 is 25.0 Å². The smallest absolute Gasteiger partial charge is 0.321 e. The van der Waals surface area contributed by atoms with E-state index in [2.05, 4.69) is 50.5 Å². The molecule has 0 aliphatic carbocycles. The fourth-order valence-electron chi connectivity index (χ4n) is 5.22. The molecule has 1 aliphatic rings. The molecule has 3 aromatic heterocycles. The fraction of sp³-hybridized carbons (Fsp3) is 0.281. The molecule has 0 bridgehead atoms. The Hall–Kier alpha value is -4.51. The summed E-state index contributed by atoms with van der Waals surface area (Å²) >= 11 is 0. The SMILES string of the molecule is CN(C)C(=O)Nc1ccc(-c2nn(CCO)cc2-c2ccnc3[nH]c(-c4ccc(CN5CCOCC5)cc4)cc23)cc1. The molecular formula is C32H35N7O3. The second-order valence-electron chi connectivity index (χ2n) is 10.7. The van der Waals surface area contributed by atoms with Crippen molar-refractivity contribution in [2.24, 2.45) is 0 Å². The lowest BCUT2D eigenvalue weighted by Gasteiger charge is -2.26. The number of carbonyl (C=O) groups excluding carboxylic acids is 1. The van der Waals surface area contributed by atoms with Gasteiger partial charge >= 0.3 is 6.03 Å². The Labute approximate surface area is 244 Å². The molecule has 0 spiro atoms. The number of aliphatic hydroxyl groups is 1. The molecule has 1 saturated heterocycles.